The van der Waals surface area contributed by atoms with Crippen LogP contribution in [0.5, 0.6) is 0 Å². The zero-order chi connectivity index (χ0) is 43.6. The fourth-order valence-corrected chi connectivity index (χ4v) is 9.26. The topological polar surface area (TPSA) is 195 Å². The monoisotopic (exact) mass is 813 g/mol. The Kier molecular flexibility index (Phi) is 11.6. The number of ether oxygens (including phenoxy) is 2. The van der Waals surface area contributed by atoms with Crippen molar-refractivity contribution in [3.63, 3.8) is 0 Å². The summed E-state index contributed by atoms with van der Waals surface area (Å²) < 4.78 is 11.1. The van der Waals surface area contributed by atoms with E-state index in [-0.39, 0.29) is 31.1 Å². The number of fused-ring (bicyclic) bond motifs is 7. The van der Waals surface area contributed by atoms with E-state index in [0.29, 0.717) is 35.5 Å². The Bertz CT molecular complexity index is 2200. The highest BCUT2D eigenvalue weighted by molar-refractivity contribution is 6.08. The molecule has 2 fully saturated rings. The fraction of sp³-hybridized carbons (Fsp3) is 0.565. The highest BCUT2D eigenvalue weighted by Crippen LogP contribution is 2.49. The van der Waals surface area contributed by atoms with Crippen LogP contribution in [0, 0.1) is 25.7 Å². The normalized spacial score (nSPS) is 24.3. The van der Waals surface area contributed by atoms with Crippen LogP contribution in [-0.2, 0) is 41.5 Å². The molecule has 2 saturated heterocycles. The Hall–Kier alpha value is -4.88. The van der Waals surface area contributed by atoms with Crippen LogP contribution < -0.4 is 16.0 Å². The van der Waals surface area contributed by atoms with Gasteiger partial charge in [-0.05, 0) is 134 Å². The minimum Gasteiger partial charge on any atom is -0.460 e. The molecule has 5 heterocycles. The Labute approximate surface area is 347 Å². The number of rotatable bonds is 10. The first-order valence-corrected chi connectivity index (χ1v) is 21.0. The number of hydrogen-bond donors (Lipinski definition) is 7. The molecule has 1 amide bonds. The van der Waals surface area contributed by atoms with E-state index in [1.54, 1.807) is 48.5 Å². The van der Waals surface area contributed by atoms with E-state index < -0.39 is 46.3 Å². The average Bonchev–Trinajstić information content (AvgIpc) is 3.89. The van der Waals surface area contributed by atoms with Crippen molar-refractivity contribution >= 4 is 47.4 Å². The number of nitrogens with one attached hydrogen (secondary N) is 5. The lowest BCUT2D eigenvalue weighted by molar-refractivity contribution is -0.165. The number of H-pyrrole nitrogens is 2. The molecule has 59 heavy (non-hydrogen) atoms. The molecule has 0 saturated carbocycles. The van der Waals surface area contributed by atoms with Gasteiger partial charge < -0.3 is 45.6 Å². The lowest BCUT2D eigenvalue weighted by Gasteiger charge is -2.34. The molecule has 7 N–H and O–H groups in total. The van der Waals surface area contributed by atoms with Gasteiger partial charge in [-0.15, -0.1) is 0 Å². The van der Waals surface area contributed by atoms with Crippen molar-refractivity contribution in [3.8, 4) is 0 Å². The number of carbonyl (C=O) groups is 4. The zero-order valence-corrected chi connectivity index (χ0v) is 36.8. The van der Waals surface area contributed by atoms with Gasteiger partial charge in [0.15, 0.2) is 6.29 Å². The van der Waals surface area contributed by atoms with Gasteiger partial charge in [0.25, 0.3) is 0 Å². The second kappa shape index (κ2) is 15.6. The van der Waals surface area contributed by atoms with Crippen molar-refractivity contribution in [2.24, 2.45) is 11.8 Å². The van der Waals surface area contributed by atoms with Crippen molar-refractivity contribution in [1.29, 1.82) is 0 Å². The number of hydrogen-bond acceptors (Lipinski definition) is 10. The maximum Gasteiger partial charge on any atom is 0.329 e. The quantitative estimate of drug-likeness (QED) is 0.108. The van der Waals surface area contributed by atoms with E-state index in [1.165, 1.54) is 0 Å². The number of carbonyl (C=O) groups excluding carboxylic acids is 4. The standard InChI is InChI=1S/C46H63N5O8/c1-13-26-24(4)38-30(22-52)39-25(5)28(17-18-36(53)47-33(42(55)59-44(9,10)11)21-37(54)58-43(6,7)8)41(51-39)29-16-15-27-23(3)31(48-40(27)29)19-35-46(57,14-2)45(12,56)34(50-35)20-32(26)49-38/h19-20,22,25,28,33,48-51,56-57H,13-18,21H2,1-12H3,(H,47,53)/t25-,28-,33?,45?,46?/m0/s1. The molecule has 3 aliphatic heterocycles. The summed E-state index contributed by atoms with van der Waals surface area (Å²) in [6.45, 7) is 22.0. The number of allylic oxidation sites excluding steroid dienone is 4. The molecule has 8 bridgehead atoms. The smallest absolute Gasteiger partial charge is 0.329 e. The molecule has 0 aromatic carbocycles. The third-order valence-electron chi connectivity index (χ3n) is 12.4. The van der Waals surface area contributed by atoms with E-state index in [1.807, 2.05) is 32.9 Å². The predicted octanol–water partition coefficient (Wildman–Crippen LogP) is 6.17. The first kappa shape index (κ1) is 43.7. The Morgan fingerprint density at radius 1 is 0.915 bits per heavy atom. The van der Waals surface area contributed by atoms with E-state index in [0.717, 1.165) is 75.4 Å². The van der Waals surface area contributed by atoms with E-state index >= 15 is 0 Å². The fourth-order valence-electron chi connectivity index (χ4n) is 9.26. The summed E-state index contributed by atoms with van der Waals surface area (Å²) in [6, 6.07) is -1.24. The number of esters is 2. The summed E-state index contributed by atoms with van der Waals surface area (Å²) in [7, 11) is 0. The van der Waals surface area contributed by atoms with Crippen LogP contribution >= 0.6 is 0 Å². The van der Waals surface area contributed by atoms with Crippen LogP contribution in [0.1, 0.15) is 146 Å². The Balaban J connectivity index is 1.44. The number of aromatic amines is 2. The molecule has 0 radical (unpaired) electrons. The minimum absolute atomic E-state index is 0.0270. The summed E-state index contributed by atoms with van der Waals surface area (Å²) in [4.78, 5) is 60.4. The maximum atomic E-state index is 13.8. The molecule has 5 atom stereocenters. The summed E-state index contributed by atoms with van der Waals surface area (Å²) >= 11 is 0. The summed E-state index contributed by atoms with van der Waals surface area (Å²) in [6.07, 6.45) is 7.00. The molecule has 2 aromatic heterocycles. The van der Waals surface area contributed by atoms with Gasteiger partial charge in [0.2, 0.25) is 5.91 Å². The van der Waals surface area contributed by atoms with Crippen molar-refractivity contribution in [2.45, 2.75) is 156 Å². The molecule has 6 rings (SSSR count). The van der Waals surface area contributed by atoms with Gasteiger partial charge in [-0.25, -0.2) is 4.79 Å². The molecule has 1 aliphatic carbocycles. The van der Waals surface area contributed by atoms with Gasteiger partial charge >= 0.3 is 11.9 Å². The van der Waals surface area contributed by atoms with Crippen molar-refractivity contribution in [3.05, 3.63) is 67.8 Å². The van der Waals surface area contributed by atoms with Gasteiger partial charge in [-0.1, -0.05) is 20.8 Å². The second-order valence-electron chi connectivity index (χ2n) is 18.8. The second-order valence-corrected chi connectivity index (χ2v) is 18.8. The third-order valence-corrected chi connectivity index (χ3v) is 12.4. The zero-order valence-electron chi connectivity index (χ0n) is 36.8. The van der Waals surface area contributed by atoms with Crippen molar-refractivity contribution in [2.75, 3.05) is 0 Å². The molecular weight excluding hydrogens is 751 g/mol. The van der Waals surface area contributed by atoms with Crippen LogP contribution in [0.15, 0.2) is 22.8 Å². The first-order chi connectivity index (χ1) is 27.4. The molecule has 13 nitrogen and oxygen atoms in total. The average molecular weight is 814 g/mol. The van der Waals surface area contributed by atoms with Crippen LogP contribution in [-0.4, -0.2) is 72.8 Å². The summed E-state index contributed by atoms with van der Waals surface area (Å²) in [5.41, 5.74) is 6.37. The third kappa shape index (κ3) is 8.07. The van der Waals surface area contributed by atoms with Gasteiger partial charge in [-0.3, -0.25) is 14.4 Å². The lowest BCUT2D eigenvalue weighted by Crippen LogP contribution is -2.49. The molecule has 3 unspecified atom stereocenters. The van der Waals surface area contributed by atoms with E-state index in [9.17, 15) is 29.4 Å². The number of aldehydes is 1. The highest BCUT2D eigenvalue weighted by Gasteiger charge is 2.56. The van der Waals surface area contributed by atoms with Crippen LogP contribution in [0.25, 0.3) is 23.3 Å². The largest absolute Gasteiger partial charge is 0.460 e. The van der Waals surface area contributed by atoms with Gasteiger partial charge in [0, 0.05) is 46.7 Å². The summed E-state index contributed by atoms with van der Waals surface area (Å²) in [5, 5.41) is 34.0. The van der Waals surface area contributed by atoms with E-state index in [2.05, 4.69) is 39.8 Å². The predicted molar refractivity (Wildman–Crippen MR) is 227 cm³/mol. The van der Waals surface area contributed by atoms with Gasteiger partial charge in [-0.2, -0.15) is 0 Å². The Morgan fingerprint density at radius 2 is 1.56 bits per heavy atom. The SMILES string of the molecule is CCc1c2[nH]c(c1C)C(C=O)=C1NC(=C3CCc4c3[nH]c(c4C)C=C3NC(=C2)C(C)(O)C3(O)CC)[C@@H](CCC(=O)NC(CC(=O)OC(C)(C)C)C(=O)OC(C)(C)C)[C@@H]1C. The summed E-state index contributed by atoms with van der Waals surface area (Å²) in [5.74, 6) is -2.22. The molecular formula is C46H63N5O8. The van der Waals surface area contributed by atoms with E-state index in [4.69, 9.17) is 9.47 Å². The van der Waals surface area contributed by atoms with Crippen LogP contribution in [0.2, 0.25) is 0 Å². The number of aromatic nitrogens is 2. The van der Waals surface area contributed by atoms with Gasteiger partial charge in [0.1, 0.15) is 28.4 Å². The van der Waals surface area contributed by atoms with Crippen molar-refractivity contribution < 1.29 is 38.9 Å². The highest BCUT2D eigenvalue weighted by atomic mass is 16.6. The lowest BCUT2D eigenvalue weighted by atomic mass is 9.81. The van der Waals surface area contributed by atoms with Crippen LogP contribution in [0.3, 0.4) is 0 Å². The Morgan fingerprint density at radius 3 is 2.17 bits per heavy atom. The molecule has 4 aliphatic rings. The minimum atomic E-state index is -1.65. The van der Waals surface area contributed by atoms with Gasteiger partial charge in [0.05, 0.1) is 29.1 Å². The molecule has 2 aromatic rings. The first-order valence-electron chi connectivity index (χ1n) is 21.0. The molecule has 320 valence electrons. The maximum absolute atomic E-state index is 13.8. The van der Waals surface area contributed by atoms with Crippen molar-refractivity contribution in [1.82, 2.24) is 25.9 Å². The number of aliphatic hydroxyl groups is 2. The molecule has 13 heteroatoms. The van der Waals surface area contributed by atoms with Crippen LogP contribution in [0.4, 0.5) is 0 Å². The number of amides is 1. The molecule has 0 spiro atoms.